The average Bonchev–Trinajstić information content (AvgIpc) is 3.53. The molecule has 0 bridgehead atoms. The zero-order valence-electron chi connectivity index (χ0n) is 17.4. The quantitative estimate of drug-likeness (QED) is 0.455. The SMILES string of the molecule is OC[C@H]1OC(O)(c2cc(Cc3ccc(C4CC4)cc3)c(Cl)c3c2CCO3)[C@H](O)[C@@H](O)[C@@H]1O. The van der Waals surface area contributed by atoms with Gasteiger partial charge in [0.1, 0.15) is 30.2 Å². The van der Waals surface area contributed by atoms with E-state index in [1.54, 1.807) is 6.07 Å². The van der Waals surface area contributed by atoms with Gasteiger partial charge in [-0.1, -0.05) is 35.9 Å². The lowest BCUT2D eigenvalue weighted by Crippen LogP contribution is -2.63. The maximum atomic E-state index is 11.4. The van der Waals surface area contributed by atoms with Crippen molar-refractivity contribution in [3.63, 3.8) is 0 Å². The predicted octanol–water partition coefficient (Wildman–Crippen LogP) is 1.36. The minimum absolute atomic E-state index is 0.218. The molecule has 1 saturated carbocycles. The van der Waals surface area contributed by atoms with Gasteiger partial charge in [0.25, 0.3) is 0 Å². The Morgan fingerprint density at radius 1 is 1.06 bits per heavy atom. The first-order valence-electron chi connectivity index (χ1n) is 10.9. The second kappa shape index (κ2) is 8.25. The molecule has 2 aromatic rings. The van der Waals surface area contributed by atoms with Gasteiger partial charge in [-0.05, 0) is 47.9 Å². The Balaban J connectivity index is 1.54. The van der Waals surface area contributed by atoms with Crippen LogP contribution in [0.5, 0.6) is 5.75 Å². The fourth-order valence-corrected chi connectivity index (χ4v) is 5.04. The Morgan fingerprint density at radius 2 is 1.78 bits per heavy atom. The summed E-state index contributed by atoms with van der Waals surface area (Å²) in [6, 6.07) is 10.0. The summed E-state index contributed by atoms with van der Waals surface area (Å²) >= 11 is 6.66. The van der Waals surface area contributed by atoms with Crippen LogP contribution in [0.3, 0.4) is 0 Å². The van der Waals surface area contributed by atoms with E-state index >= 15 is 0 Å². The summed E-state index contributed by atoms with van der Waals surface area (Å²) in [7, 11) is 0. The lowest BCUT2D eigenvalue weighted by Gasteiger charge is -2.46. The standard InChI is InChI=1S/C24H27ClO7/c25-19-15(9-12-1-3-13(4-2-12)14-5-6-14)10-17(16-7-8-31-22(16)19)24(30)23(29)21(28)20(27)18(11-26)32-24/h1-4,10,14,18,20-21,23,26-30H,5-9,11H2/t18-,20-,21+,23-,24?/m1/s1. The Kier molecular flexibility index (Phi) is 5.70. The number of aliphatic hydroxyl groups is 5. The van der Waals surface area contributed by atoms with E-state index in [9.17, 15) is 25.5 Å². The van der Waals surface area contributed by atoms with Gasteiger partial charge >= 0.3 is 0 Å². The molecule has 2 aliphatic heterocycles. The molecule has 0 radical (unpaired) electrons. The van der Waals surface area contributed by atoms with Crippen LogP contribution in [0.4, 0.5) is 0 Å². The maximum Gasteiger partial charge on any atom is 0.222 e. The monoisotopic (exact) mass is 462 g/mol. The summed E-state index contributed by atoms with van der Waals surface area (Å²) in [6.07, 6.45) is -3.01. The van der Waals surface area contributed by atoms with Gasteiger partial charge in [0.15, 0.2) is 0 Å². The molecule has 2 fully saturated rings. The van der Waals surface area contributed by atoms with E-state index in [-0.39, 0.29) is 5.56 Å². The van der Waals surface area contributed by atoms with Gasteiger partial charge in [0, 0.05) is 17.5 Å². The molecular weight excluding hydrogens is 436 g/mol. The molecule has 1 aliphatic carbocycles. The van der Waals surface area contributed by atoms with E-state index in [2.05, 4.69) is 24.3 Å². The molecule has 5 atom stereocenters. The first-order valence-corrected chi connectivity index (χ1v) is 11.3. The number of rotatable bonds is 5. The number of aliphatic hydroxyl groups excluding tert-OH is 4. The summed E-state index contributed by atoms with van der Waals surface area (Å²) in [4.78, 5) is 0. The molecular formula is C24H27ClO7. The van der Waals surface area contributed by atoms with Gasteiger partial charge in [-0.2, -0.15) is 0 Å². The fourth-order valence-electron chi connectivity index (χ4n) is 4.75. The van der Waals surface area contributed by atoms with Crippen LogP contribution in [0.1, 0.15) is 46.6 Å². The molecule has 5 rings (SSSR count). The second-order valence-electron chi connectivity index (χ2n) is 8.96. The third-order valence-electron chi connectivity index (χ3n) is 6.77. The molecule has 3 aliphatic rings. The second-order valence-corrected chi connectivity index (χ2v) is 9.34. The Hall–Kier alpha value is -1.71. The Labute approximate surface area is 190 Å². The highest BCUT2D eigenvalue weighted by Crippen LogP contribution is 2.46. The summed E-state index contributed by atoms with van der Waals surface area (Å²) in [5, 5.41) is 52.5. The van der Waals surface area contributed by atoms with Crippen LogP contribution < -0.4 is 4.74 Å². The van der Waals surface area contributed by atoms with E-state index in [4.69, 9.17) is 21.1 Å². The largest absolute Gasteiger partial charge is 0.491 e. The van der Waals surface area contributed by atoms with Crippen molar-refractivity contribution in [2.75, 3.05) is 13.2 Å². The number of benzene rings is 2. The lowest BCUT2D eigenvalue weighted by molar-refractivity contribution is -0.358. The molecule has 1 saturated heterocycles. The van der Waals surface area contributed by atoms with Gasteiger partial charge in [-0.3, -0.25) is 0 Å². The number of ether oxygens (including phenoxy) is 2. The van der Waals surface area contributed by atoms with E-state index < -0.39 is 36.8 Å². The van der Waals surface area contributed by atoms with Crippen LogP contribution in [0.25, 0.3) is 0 Å². The van der Waals surface area contributed by atoms with Crippen molar-refractivity contribution >= 4 is 11.6 Å². The molecule has 0 amide bonds. The third-order valence-corrected chi connectivity index (χ3v) is 7.19. The number of fused-ring (bicyclic) bond motifs is 1. The van der Waals surface area contributed by atoms with Crippen molar-refractivity contribution in [2.45, 2.75) is 61.8 Å². The van der Waals surface area contributed by atoms with Crippen molar-refractivity contribution in [3.8, 4) is 5.75 Å². The van der Waals surface area contributed by atoms with Gasteiger partial charge in [-0.15, -0.1) is 0 Å². The summed E-state index contributed by atoms with van der Waals surface area (Å²) in [5.74, 6) is -1.27. The van der Waals surface area contributed by atoms with Crippen molar-refractivity contribution in [1.82, 2.24) is 0 Å². The molecule has 7 nitrogen and oxygen atoms in total. The molecule has 0 aromatic heterocycles. The Morgan fingerprint density at radius 3 is 2.44 bits per heavy atom. The summed E-state index contributed by atoms with van der Waals surface area (Å²) < 4.78 is 11.3. The smallest absolute Gasteiger partial charge is 0.222 e. The number of hydrogen-bond acceptors (Lipinski definition) is 7. The van der Waals surface area contributed by atoms with Crippen LogP contribution in [0.2, 0.25) is 5.02 Å². The number of halogens is 1. The number of hydrogen-bond donors (Lipinski definition) is 5. The van der Waals surface area contributed by atoms with Gasteiger partial charge in [0.2, 0.25) is 5.79 Å². The molecule has 5 N–H and O–H groups in total. The maximum absolute atomic E-state index is 11.4. The van der Waals surface area contributed by atoms with Gasteiger partial charge < -0.3 is 35.0 Å². The van der Waals surface area contributed by atoms with E-state index in [0.717, 1.165) is 5.56 Å². The lowest BCUT2D eigenvalue weighted by atomic mass is 9.84. The predicted molar refractivity (Wildman–Crippen MR) is 116 cm³/mol. The van der Waals surface area contributed by atoms with Crippen molar-refractivity contribution in [1.29, 1.82) is 0 Å². The average molecular weight is 463 g/mol. The molecule has 8 heteroatoms. The first-order chi connectivity index (χ1) is 15.3. The third kappa shape index (κ3) is 3.62. The topological polar surface area (TPSA) is 120 Å². The molecule has 2 aromatic carbocycles. The van der Waals surface area contributed by atoms with Crippen LogP contribution in [-0.4, -0.2) is 63.2 Å². The minimum atomic E-state index is -2.35. The van der Waals surface area contributed by atoms with Crippen molar-refractivity contribution < 1.29 is 35.0 Å². The van der Waals surface area contributed by atoms with Crippen LogP contribution in [0, 0.1) is 0 Å². The van der Waals surface area contributed by atoms with Gasteiger partial charge in [-0.25, -0.2) is 0 Å². The van der Waals surface area contributed by atoms with Gasteiger partial charge in [0.05, 0.1) is 18.2 Å². The minimum Gasteiger partial charge on any atom is -0.491 e. The summed E-state index contributed by atoms with van der Waals surface area (Å²) in [6.45, 7) is -0.290. The van der Waals surface area contributed by atoms with Crippen LogP contribution in [-0.2, 0) is 23.4 Å². The highest BCUT2D eigenvalue weighted by atomic mass is 35.5. The zero-order valence-corrected chi connectivity index (χ0v) is 18.2. The van der Waals surface area contributed by atoms with Crippen LogP contribution in [0.15, 0.2) is 30.3 Å². The molecule has 2 heterocycles. The van der Waals surface area contributed by atoms with E-state index in [1.165, 1.54) is 18.4 Å². The molecule has 0 spiro atoms. The van der Waals surface area contributed by atoms with E-state index in [0.29, 0.717) is 47.3 Å². The van der Waals surface area contributed by atoms with E-state index in [1.807, 2.05) is 0 Å². The van der Waals surface area contributed by atoms with Crippen molar-refractivity contribution in [2.24, 2.45) is 0 Å². The highest BCUT2D eigenvalue weighted by molar-refractivity contribution is 6.33. The fraction of sp³-hybridized carbons (Fsp3) is 0.500. The molecule has 32 heavy (non-hydrogen) atoms. The first kappa shape index (κ1) is 22.1. The zero-order chi connectivity index (χ0) is 22.6. The summed E-state index contributed by atoms with van der Waals surface area (Å²) in [5.41, 5.74) is 3.82. The van der Waals surface area contributed by atoms with Crippen LogP contribution >= 0.6 is 11.6 Å². The molecule has 172 valence electrons. The van der Waals surface area contributed by atoms with Crippen molar-refractivity contribution in [3.05, 3.63) is 63.2 Å². The molecule has 1 unspecified atom stereocenters. The normalized spacial score (nSPS) is 31.9. The highest BCUT2D eigenvalue weighted by Gasteiger charge is 2.55. The Bertz CT molecular complexity index is 1000.